The molecule has 1 heterocycles. The largest absolute Gasteiger partial charge is 0.507 e. The molecule has 0 bridgehead atoms. The highest BCUT2D eigenvalue weighted by Crippen LogP contribution is 2.28. The van der Waals surface area contributed by atoms with Crippen molar-refractivity contribution in [2.75, 3.05) is 0 Å². The van der Waals surface area contributed by atoms with Crippen LogP contribution in [0.5, 0.6) is 5.75 Å². The molecule has 3 aromatic rings. The van der Waals surface area contributed by atoms with E-state index in [2.05, 4.69) is 12.1 Å². The summed E-state index contributed by atoms with van der Waals surface area (Å²) < 4.78 is 1.62. The molecule has 0 spiro atoms. The number of aromatic nitrogens is 1. The second-order valence-corrected chi connectivity index (χ2v) is 5.30. The minimum atomic E-state index is -1.22. The van der Waals surface area contributed by atoms with Crippen molar-refractivity contribution in [3.8, 4) is 34.7 Å². The SMILES string of the molecule is N#Cc1cccc(-c2cn(-c3ccc(C(=O)O)c(O)c3)cc2C#N)c1. The Morgan fingerprint density at radius 1 is 1.04 bits per heavy atom. The summed E-state index contributed by atoms with van der Waals surface area (Å²) in [6.45, 7) is 0. The molecule has 0 fully saturated rings. The van der Waals surface area contributed by atoms with Crippen LogP contribution in [-0.4, -0.2) is 20.7 Å². The van der Waals surface area contributed by atoms with E-state index in [9.17, 15) is 15.2 Å². The number of rotatable bonds is 3. The van der Waals surface area contributed by atoms with Crippen molar-refractivity contribution in [2.24, 2.45) is 0 Å². The van der Waals surface area contributed by atoms with Gasteiger partial charge in [0.25, 0.3) is 0 Å². The van der Waals surface area contributed by atoms with Crippen molar-refractivity contribution in [3.63, 3.8) is 0 Å². The summed E-state index contributed by atoms with van der Waals surface area (Å²) in [7, 11) is 0. The fourth-order valence-corrected chi connectivity index (χ4v) is 2.54. The van der Waals surface area contributed by atoms with Gasteiger partial charge in [0.2, 0.25) is 0 Å². The number of nitrogens with zero attached hydrogens (tertiary/aromatic N) is 3. The van der Waals surface area contributed by atoms with Crippen molar-refractivity contribution < 1.29 is 15.0 Å². The number of aromatic hydroxyl groups is 1. The monoisotopic (exact) mass is 329 g/mol. The minimum Gasteiger partial charge on any atom is -0.507 e. The summed E-state index contributed by atoms with van der Waals surface area (Å²) in [6, 6.07) is 15.2. The first-order valence-corrected chi connectivity index (χ1v) is 7.23. The van der Waals surface area contributed by atoms with Gasteiger partial charge >= 0.3 is 5.97 Å². The highest BCUT2D eigenvalue weighted by atomic mass is 16.4. The molecule has 0 atom stereocenters. The van der Waals surface area contributed by atoms with E-state index in [1.807, 2.05) is 0 Å². The number of carboxylic acids is 1. The third-order valence-electron chi connectivity index (χ3n) is 3.76. The van der Waals surface area contributed by atoms with E-state index < -0.39 is 5.97 Å². The number of nitriles is 2. The summed E-state index contributed by atoms with van der Waals surface area (Å²) in [5, 5.41) is 37.2. The first kappa shape index (κ1) is 15.9. The van der Waals surface area contributed by atoms with Gasteiger partial charge in [-0.05, 0) is 29.8 Å². The van der Waals surface area contributed by atoms with Gasteiger partial charge in [-0.2, -0.15) is 10.5 Å². The molecule has 0 unspecified atom stereocenters. The molecule has 120 valence electrons. The molecule has 2 N–H and O–H groups in total. The zero-order valence-corrected chi connectivity index (χ0v) is 12.8. The number of hydrogen-bond acceptors (Lipinski definition) is 4. The van der Waals surface area contributed by atoms with Gasteiger partial charge in [-0.15, -0.1) is 0 Å². The highest BCUT2D eigenvalue weighted by molar-refractivity contribution is 5.91. The average Bonchev–Trinajstić information content (AvgIpc) is 3.05. The van der Waals surface area contributed by atoms with E-state index in [4.69, 9.17) is 10.4 Å². The Morgan fingerprint density at radius 3 is 2.48 bits per heavy atom. The third kappa shape index (κ3) is 2.92. The summed E-state index contributed by atoms with van der Waals surface area (Å²) in [5.74, 6) is -1.58. The van der Waals surface area contributed by atoms with E-state index >= 15 is 0 Å². The molecule has 1 aromatic heterocycles. The van der Waals surface area contributed by atoms with Gasteiger partial charge in [0.15, 0.2) is 0 Å². The predicted molar refractivity (Wildman–Crippen MR) is 89.3 cm³/mol. The summed E-state index contributed by atoms with van der Waals surface area (Å²) in [4.78, 5) is 11.0. The van der Waals surface area contributed by atoms with E-state index in [0.717, 1.165) is 5.56 Å². The number of carboxylic acid groups (broad SMARTS) is 1. The second-order valence-electron chi connectivity index (χ2n) is 5.30. The zero-order valence-electron chi connectivity index (χ0n) is 12.8. The number of aromatic carboxylic acids is 1. The first-order valence-electron chi connectivity index (χ1n) is 7.23. The molecule has 0 aliphatic rings. The number of phenols is 1. The van der Waals surface area contributed by atoms with Gasteiger partial charge in [0.1, 0.15) is 17.4 Å². The molecule has 6 heteroatoms. The minimum absolute atomic E-state index is 0.196. The molecular weight excluding hydrogens is 318 g/mol. The van der Waals surface area contributed by atoms with Crippen molar-refractivity contribution in [2.45, 2.75) is 0 Å². The lowest BCUT2D eigenvalue weighted by atomic mass is 10.0. The van der Waals surface area contributed by atoms with Gasteiger partial charge < -0.3 is 14.8 Å². The van der Waals surface area contributed by atoms with Crippen LogP contribution in [0.4, 0.5) is 0 Å². The smallest absolute Gasteiger partial charge is 0.339 e. The predicted octanol–water partition coefficient (Wildman–Crippen LogP) is 3.29. The Labute approximate surface area is 143 Å². The van der Waals surface area contributed by atoms with Crippen LogP contribution >= 0.6 is 0 Å². The van der Waals surface area contributed by atoms with Crippen molar-refractivity contribution in [1.29, 1.82) is 10.5 Å². The summed E-state index contributed by atoms with van der Waals surface area (Å²) >= 11 is 0. The average molecular weight is 329 g/mol. The lowest BCUT2D eigenvalue weighted by Gasteiger charge is -2.05. The maximum absolute atomic E-state index is 11.0. The van der Waals surface area contributed by atoms with Crippen LogP contribution in [0.25, 0.3) is 16.8 Å². The Morgan fingerprint density at radius 2 is 1.84 bits per heavy atom. The Bertz CT molecular complexity index is 1070. The van der Waals surface area contributed by atoms with Gasteiger partial charge in [-0.1, -0.05) is 12.1 Å². The molecule has 0 aliphatic carbocycles. The Kier molecular flexibility index (Phi) is 3.95. The van der Waals surface area contributed by atoms with E-state index in [1.165, 1.54) is 12.1 Å². The van der Waals surface area contributed by atoms with Crippen molar-refractivity contribution in [1.82, 2.24) is 4.57 Å². The topological polar surface area (TPSA) is 110 Å². The van der Waals surface area contributed by atoms with E-state index in [0.29, 0.717) is 22.4 Å². The second kappa shape index (κ2) is 6.23. The molecule has 2 aromatic carbocycles. The summed E-state index contributed by atoms with van der Waals surface area (Å²) in [6.07, 6.45) is 3.29. The maximum Gasteiger partial charge on any atom is 0.339 e. The van der Waals surface area contributed by atoms with Crippen LogP contribution < -0.4 is 0 Å². The molecule has 6 nitrogen and oxygen atoms in total. The van der Waals surface area contributed by atoms with Crippen molar-refractivity contribution >= 4 is 5.97 Å². The van der Waals surface area contributed by atoms with Crippen LogP contribution in [0.15, 0.2) is 54.9 Å². The molecular formula is C19H11N3O3. The van der Waals surface area contributed by atoms with E-state index in [1.54, 1.807) is 47.3 Å². The molecule has 0 saturated heterocycles. The quantitative estimate of drug-likeness (QED) is 0.766. The Hall–Kier alpha value is -4.03. The van der Waals surface area contributed by atoms with Gasteiger partial charge in [0, 0.05) is 29.7 Å². The molecule has 3 rings (SSSR count). The number of hydrogen-bond donors (Lipinski definition) is 2. The summed E-state index contributed by atoms with van der Waals surface area (Å²) in [5.41, 5.74) is 2.57. The molecule has 0 radical (unpaired) electrons. The third-order valence-corrected chi connectivity index (χ3v) is 3.76. The zero-order chi connectivity index (χ0) is 18.0. The van der Waals surface area contributed by atoms with Crippen LogP contribution in [0.3, 0.4) is 0 Å². The number of benzene rings is 2. The molecule has 0 saturated carbocycles. The van der Waals surface area contributed by atoms with Crippen LogP contribution in [-0.2, 0) is 0 Å². The highest BCUT2D eigenvalue weighted by Gasteiger charge is 2.13. The lowest BCUT2D eigenvalue weighted by molar-refractivity contribution is 0.0694. The first-order chi connectivity index (χ1) is 12.0. The molecule has 25 heavy (non-hydrogen) atoms. The molecule has 0 aliphatic heterocycles. The lowest BCUT2D eigenvalue weighted by Crippen LogP contribution is -1.98. The fourth-order valence-electron chi connectivity index (χ4n) is 2.54. The normalized spacial score (nSPS) is 10.0. The van der Waals surface area contributed by atoms with Gasteiger partial charge in [0.05, 0.1) is 17.2 Å². The van der Waals surface area contributed by atoms with Crippen LogP contribution in [0, 0.1) is 22.7 Å². The molecule has 0 amide bonds. The van der Waals surface area contributed by atoms with E-state index in [-0.39, 0.29) is 11.3 Å². The number of carbonyl (C=O) groups is 1. The van der Waals surface area contributed by atoms with Gasteiger partial charge in [-0.3, -0.25) is 0 Å². The van der Waals surface area contributed by atoms with Crippen LogP contribution in [0.1, 0.15) is 21.5 Å². The van der Waals surface area contributed by atoms with Crippen LogP contribution in [0.2, 0.25) is 0 Å². The maximum atomic E-state index is 11.0. The standard InChI is InChI=1S/C19H11N3O3/c20-8-12-2-1-3-13(6-12)17-11-22(10-14(17)9-21)15-4-5-16(19(24)25)18(23)7-15/h1-7,10-11,23H,(H,24,25). The van der Waals surface area contributed by atoms with Crippen molar-refractivity contribution in [3.05, 3.63) is 71.5 Å². The van der Waals surface area contributed by atoms with Gasteiger partial charge in [-0.25, -0.2) is 4.79 Å². The Balaban J connectivity index is 2.10. The fraction of sp³-hybridized carbons (Fsp3) is 0.